The predicted molar refractivity (Wildman–Crippen MR) is 89.4 cm³/mol. The lowest BCUT2D eigenvalue weighted by molar-refractivity contribution is 0.00665. The van der Waals surface area contributed by atoms with Gasteiger partial charge >= 0.3 is 0 Å². The molecule has 0 spiro atoms. The molecule has 4 atom stereocenters. The summed E-state index contributed by atoms with van der Waals surface area (Å²) in [6.07, 6.45) is 9.70. The first kappa shape index (κ1) is 15.8. The highest BCUT2D eigenvalue weighted by atomic mass is 15.3. The van der Waals surface area contributed by atoms with E-state index in [0.717, 1.165) is 24.4 Å². The predicted octanol–water partition coefficient (Wildman–Crippen LogP) is 2.70. The molecule has 0 amide bonds. The average molecular weight is 293 g/mol. The van der Waals surface area contributed by atoms with Crippen LogP contribution in [0.3, 0.4) is 0 Å². The van der Waals surface area contributed by atoms with E-state index >= 15 is 0 Å². The van der Waals surface area contributed by atoms with Crippen LogP contribution in [0.1, 0.15) is 58.8 Å². The first-order chi connectivity index (χ1) is 10.2. The Morgan fingerprint density at radius 2 is 1.76 bits per heavy atom. The third-order valence-electron chi connectivity index (χ3n) is 6.77. The second kappa shape index (κ2) is 6.55. The number of hydrogen-bond acceptors (Lipinski definition) is 3. The summed E-state index contributed by atoms with van der Waals surface area (Å²) in [6.45, 7) is 10.9. The molecule has 1 saturated carbocycles. The summed E-state index contributed by atoms with van der Waals surface area (Å²) in [7, 11) is 0. The molecule has 3 heteroatoms. The Kier molecular flexibility index (Phi) is 4.92. The van der Waals surface area contributed by atoms with Crippen LogP contribution in [0.5, 0.6) is 0 Å². The molecule has 3 fully saturated rings. The molecule has 122 valence electrons. The lowest BCUT2D eigenvalue weighted by Crippen LogP contribution is -2.60. The highest BCUT2D eigenvalue weighted by molar-refractivity contribution is 5.03. The maximum absolute atomic E-state index is 6.34. The number of nitrogens with zero attached hydrogens (tertiary/aromatic N) is 2. The van der Waals surface area contributed by atoms with Gasteiger partial charge in [-0.3, -0.25) is 9.80 Å². The maximum Gasteiger partial charge on any atom is 0.0360 e. The van der Waals surface area contributed by atoms with Gasteiger partial charge in [-0.25, -0.2) is 0 Å². The Bertz CT molecular complexity index is 339. The van der Waals surface area contributed by atoms with E-state index in [1.807, 2.05) is 0 Å². The quantitative estimate of drug-likeness (QED) is 0.868. The van der Waals surface area contributed by atoms with Gasteiger partial charge in [0.1, 0.15) is 0 Å². The van der Waals surface area contributed by atoms with Crippen LogP contribution >= 0.6 is 0 Å². The van der Waals surface area contributed by atoms with Crippen LogP contribution in [0.4, 0.5) is 0 Å². The molecule has 3 rings (SSSR count). The fraction of sp³-hybridized carbons (Fsp3) is 1.00. The Balaban J connectivity index is 1.67. The molecule has 21 heavy (non-hydrogen) atoms. The maximum atomic E-state index is 6.34. The van der Waals surface area contributed by atoms with Gasteiger partial charge in [-0.2, -0.15) is 0 Å². The minimum Gasteiger partial charge on any atom is -0.329 e. The van der Waals surface area contributed by atoms with Crippen molar-refractivity contribution in [1.29, 1.82) is 0 Å². The molecule has 1 aliphatic carbocycles. The van der Waals surface area contributed by atoms with Gasteiger partial charge < -0.3 is 5.73 Å². The summed E-state index contributed by atoms with van der Waals surface area (Å²) in [4.78, 5) is 5.57. The molecular weight excluding hydrogens is 258 g/mol. The number of nitrogens with two attached hydrogens (primary N) is 1. The molecule has 0 aromatic rings. The molecule has 2 aliphatic heterocycles. The van der Waals surface area contributed by atoms with Gasteiger partial charge in [0, 0.05) is 31.2 Å². The Morgan fingerprint density at radius 1 is 1.00 bits per heavy atom. The van der Waals surface area contributed by atoms with E-state index in [1.165, 1.54) is 71.1 Å². The molecule has 2 saturated heterocycles. The van der Waals surface area contributed by atoms with Crippen LogP contribution in [0.2, 0.25) is 0 Å². The molecule has 0 radical (unpaired) electrons. The van der Waals surface area contributed by atoms with Crippen molar-refractivity contribution in [3.05, 3.63) is 0 Å². The summed E-state index contributed by atoms with van der Waals surface area (Å²) in [5.41, 5.74) is 6.63. The second-order valence-corrected chi connectivity index (χ2v) is 8.08. The molecule has 3 aliphatic rings. The zero-order valence-electron chi connectivity index (χ0n) is 14.2. The van der Waals surface area contributed by atoms with Crippen molar-refractivity contribution in [1.82, 2.24) is 9.80 Å². The van der Waals surface area contributed by atoms with Gasteiger partial charge in [0.05, 0.1) is 0 Å². The normalized spacial score (nSPS) is 43.3. The van der Waals surface area contributed by atoms with Crippen molar-refractivity contribution >= 4 is 0 Å². The summed E-state index contributed by atoms with van der Waals surface area (Å²) in [5.74, 6) is 1.61. The van der Waals surface area contributed by atoms with Crippen molar-refractivity contribution in [2.45, 2.75) is 70.4 Å². The minimum atomic E-state index is 0.294. The average Bonchev–Trinajstić information content (AvgIpc) is 3.01. The summed E-state index contributed by atoms with van der Waals surface area (Å²) in [5, 5.41) is 0. The highest BCUT2D eigenvalue weighted by Crippen LogP contribution is 2.42. The lowest BCUT2D eigenvalue weighted by atomic mass is 9.68. The number of hydrogen-bond donors (Lipinski definition) is 1. The highest BCUT2D eigenvalue weighted by Gasteiger charge is 2.47. The van der Waals surface area contributed by atoms with Crippen molar-refractivity contribution in [3.8, 4) is 0 Å². The SMILES string of the molecule is CC1CCC(C)C(CN)(N2CCC(N3CCCCC3)C2)C1. The Hall–Kier alpha value is -0.120. The van der Waals surface area contributed by atoms with E-state index in [2.05, 4.69) is 23.6 Å². The smallest absolute Gasteiger partial charge is 0.0360 e. The zero-order valence-corrected chi connectivity index (χ0v) is 14.2. The van der Waals surface area contributed by atoms with E-state index in [0.29, 0.717) is 5.54 Å². The van der Waals surface area contributed by atoms with Crippen LogP contribution in [0.25, 0.3) is 0 Å². The molecule has 0 bridgehead atoms. The molecule has 4 unspecified atom stereocenters. The molecule has 0 aromatic carbocycles. The second-order valence-electron chi connectivity index (χ2n) is 8.08. The molecule has 2 N–H and O–H groups in total. The fourth-order valence-electron chi connectivity index (χ4n) is 5.29. The molecule has 3 nitrogen and oxygen atoms in total. The molecule has 0 aromatic heterocycles. The molecular formula is C18H35N3. The standard InChI is InChI=1S/C18H35N3/c1-15-6-7-16(2)18(12-15,14-19)21-11-8-17(13-21)20-9-4-3-5-10-20/h15-17H,3-14,19H2,1-2H3. The minimum absolute atomic E-state index is 0.294. The monoisotopic (exact) mass is 293 g/mol. The number of piperidine rings is 1. The van der Waals surface area contributed by atoms with Gasteiger partial charge in [-0.15, -0.1) is 0 Å². The van der Waals surface area contributed by atoms with Gasteiger partial charge in [-0.05, 0) is 57.0 Å². The van der Waals surface area contributed by atoms with E-state index in [9.17, 15) is 0 Å². The lowest BCUT2D eigenvalue weighted by Gasteiger charge is -2.51. The third-order valence-corrected chi connectivity index (χ3v) is 6.77. The van der Waals surface area contributed by atoms with Crippen LogP contribution in [0, 0.1) is 11.8 Å². The van der Waals surface area contributed by atoms with E-state index < -0.39 is 0 Å². The van der Waals surface area contributed by atoms with Crippen molar-refractivity contribution in [2.24, 2.45) is 17.6 Å². The van der Waals surface area contributed by atoms with E-state index in [1.54, 1.807) is 0 Å². The first-order valence-corrected chi connectivity index (χ1v) is 9.35. The third kappa shape index (κ3) is 3.02. The summed E-state index contributed by atoms with van der Waals surface area (Å²) < 4.78 is 0. The number of rotatable bonds is 3. The van der Waals surface area contributed by atoms with Crippen molar-refractivity contribution < 1.29 is 0 Å². The van der Waals surface area contributed by atoms with Gasteiger partial charge in [0.2, 0.25) is 0 Å². The fourth-order valence-corrected chi connectivity index (χ4v) is 5.29. The topological polar surface area (TPSA) is 32.5 Å². The van der Waals surface area contributed by atoms with Crippen molar-refractivity contribution in [3.63, 3.8) is 0 Å². The van der Waals surface area contributed by atoms with Crippen LogP contribution in [0.15, 0.2) is 0 Å². The van der Waals surface area contributed by atoms with Gasteiger partial charge in [0.25, 0.3) is 0 Å². The van der Waals surface area contributed by atoms with Crippen LogP contribution in [-0.4, -0.2) is 54.1 Å². The van der Waals surface area contributed by atoms with Gasteiger partial charge in [0.15, 0.2) is 0 Å². The first-order valence-electron chi connectivity index (χ1n) is 9.35. The summed E-state index contributed by atoms with van der Waals surface area (Å²) in [6, 6.07) is 0.804. The van der Waals surface area contributed by atoms with Crippen LogP contribution < -0.4 is 5.73 Å². The van der Waals surface area contributed by atoms with Gasteiger partial charge in [-0.1, -0.05) is 26.7 Å². The Labute approximate surface area is 131 Å². The van der Waals surface area contributed by atoms with Crippen molar-refractivity contribution in [2.75, 3.05) is 32.7 Å². The number of likely N-dealkylation sites (tertiary alicyclic amines) is 2. The zero-order chi connectivity index (χ0) is 14.9. The summed E-state index contributed by atoms with van der Waals surface area (Å²) >= 11 is 0. The van der Waals surface area contributed by atoms with E-state index in [4.69, 9.17) is 5.73 Å². The molecule has 2 heterocycles. The largest absolute Gasteiger partial charge is 0.329 e. The Morgan fingerprint density at radius 3 is 2.48 bits per heavy atom. The van der Waals surface area contributed by atoms with E-state index in [-0.39, 0.29) is 0 Å². The van der Waals surface area contributed by atoms with Crippen LogP contribution in [-0.2, 0) is 0 Å².